The molecule has 0 radical (unpaired) electrons. The second-order valence-electron chi connectivity index (χ2n) is 6.58. The van der Waals surface area contributed by atoms with Gasteiger partial charge in [-0.05, 0) is 46.0 Å². The molecular weight excluding hydrogens is 406 g/mol. The molecule has 0 aromatic heterocycles. The highest BCUT2D eigenvalue weighted by Crippen LogP contribution is 2.40. The predicted molar refractivity (Wildman–Crippen MR) is 111 cm³/mol. The van der Waals surface area contributed by atoms with Crippen molar-refractivity contribution in [1.82, 2.24) is 0 Å². The van der Waals surface area contributed by atoms with E-state index in [9.17, 15) is 13.2 Å². The van der Waals surface area contributed by atoms with Gasteiger partial charge in [0, 0.05) is 6.54 Å². The van der Waals surface area contributed by atoms with E-state index < -0.39 is 12.1 Å². The summed E-state index contributed by atoms with van der Waals surface area (Å²) in [6, 6.07) is 13.8. The second kappa shape index (κ2) is 8.16. The van der Waals surface area contributed by atoms with Crippen molar-refractivity contribution in [3.8, 4) is 0 Å². The lowest BCUT2D eigenvalue weighted by molar-refractivity contribution is -0.139. The summed E-state index contributed by atoms with van der Waals surface area (Å²) in [6.45, 7) is 1.99. The summed E-state index contributed by atoms with van der Waals surface area (Å²) >= 11 is 12.0. The van der Waals surface area contributed by atoms with Crippen LogP contribution >= 0.6 is 23.2 Å². The Morgan fingerprint density at radius 3 is 2.32 bits per heavy atom. The SMILES string of the molecule is Cc1cc(C(/C=C/c2ccc(CN)c3ccccc23)C(F)(F)F)cc(Cl)c1Cl. The largest absolute Gasteiger partial charge is 0.399 e. The number of rotatable bonds is 4. The average Bonchev–Trinajstić information content (AvgIpc) is 2.65. The summed E-state index contributed by atoms with van der Waals surface area (Å²) in [6.07, 6.45) is -1.81. The predicted octanol–water partition coefficient (Wildman–Crippen LogP) is 7.27. The molecular formula is C22H18Cl2F3N. The Hall–Kier alpha value is -2.01. The molecule has 146 valence electrons. The van der Waals surface area contributed by atoms with Crippen LogP contribution in [-0.4, -0.2) is 6.18 Å². The van der Waals surface area contributed by atoms with Crippen molar-refractivity contribution in [3.05, 3.63) is 86.9 Å². The minimum atomic E-state index is -4.47. The molecule has 2 N–H and O–H groups in total. The molecule has 0 aliphatic carbocycles. The smallest absolute Gasteiger partial charge is 0.326 e. The molecule has 6 heteroatoms. The van der Waals surface area contributed by atoms with Gasteiger partial charge in [-0.25, -0.2) is 0 Å². The number of halogens is 5. The van der Waals surface area contributed by atoms with Crippen molar-refractivity contribution in [2.75, 3.05) is 0 Å². The summed E-state index contributed by atoms with van der Waals surface area (Å²) in [4.78, 5) is 0. The summed E-state index contributed by atoms with van der Waals surface area (Å²) in [5, 5.41) is 2.16. The van der Waals surface area contributed by atoms with E-state index in [-0.39, 0.29) is 15.6 Å². The van der Waals surface area contributed by atoms with Gasteiger partial charge in [0.1, 0.15) is 0 Å². The van der Waals surface area contributed by atoms with Crippen LogP contribution in [0.1, 0.15) is 28.2 Å². The van der Waals surface area contributed by atoms with Gasteiger partial charge >= 0.3 is 6.18 Å². The maximum Gasteiger partial charge on any atom is 0.399 e. The summed E-state index contributed by atoms with van der Waals surface area (Å²) in [5.74, 6) is -1.80. The van der Waals surface area contributed by atoms with Crippen LogP contribution in [0.3, 0.4) is 0 Å². The number of alkyl halides is 3. The number of hydrogen-bond donors (Lipinski definition) is 1. The maximum absolute atomic E-state index is 13.8. The maximum atomic E-state index is 13.8. The van der Waals surface area contributed by atoms with Crippen molar-refractivity contribution >= 4 is 40.1 Å². The molecule has 0 spiro atoms. The lowest BCUT2D eigenvalue weighted by atomic mass is 9.94. The van der Waals surface area contributed by atoms with Crippen LogP contribution in [0.5, 0.6) is 0 Å². The fourth-order valence-corrected chi connectivity index (χ4v) is 3.63. The summed E-state index contributed by atoms with van der Waals surface area (Å²) in [7, 11) is 0. The van der Waals surface area contributed by atoms with Crippen molar-refractivity contribution in [2.24, 2.45) is 5.73 Å². The van der Waals surface area contributed by atoms with Gasteiger partial charge in [-0.2, -0.15) is 13.2 Å². The van der Waals surface area contributed by atoms with Gasteiger partial charge in [-0.15, -0.1) is 0 Å². The van der Waals surface area contributed by atoms with Crippen LogP contribution in [0, 0.1) is 6.92 Å². The van der Waals surface area contributed by atoms with Crippen LogP contribution in [0.25, 0.3) is 16.8 Å². The highest BCUT2D eigenvalue weighted by atomic mass is 35.5. The van der Waals surface area contributed by atoms with Gasteiger partial charge in [0.15, 0.2) is 0 Å². The van der Waals surface area contributed by atoms with E-state index in [0.29, 0.717) is 17.7 Å². The third kappa shape index (κ3) is 4.19. The van der Waals surface area contributed by atoms with Crippen molar-refractivity contribution < 1.29 is 13.2 Å². The van der Waals surface area contributed by atoms with Crippen LogP contribution in [0.15, 0.2) is 54.6 Å². The first-order valence-corrected chi connectivity index (χ1v) is 9.39. The Labute approximate surface area is 171 Å². The van der Waals surface area contributed by atoms with Crippen LogP contribution in [0.2, 0.25) is 10.0 Å². The third-order valence-electron chi connectivity index (χ3n) is 4.68. The normalized spacial score (nSPS) is 13.4. The fourth-order valence-electron chi connectivity index (χ4n) is 3.25. The van der Waals surface area contributed by atoms with Crippen LogP contribution in [-0.2, 0) is 6.54 Å². The van der Waals surface area contributed by atoms with E-state index >= 15 is 0 Å². The molecule has 1 nitrogen and oxygen atoms in total. The lowest BCUT2D eigenvalue weighted by Gasteiger charge is -2.19. The highest BCUT2D eigenvalue weighted by molar-refractivity contribution is 6.42. The lowest BCUT2D eigenvalue weighted by Crippen LogP contribution is -2.19. The van der Waals surface area contributed by atoms with Gasteiger partial charge in [0.2, 0.25) is 0 Å². The first kappa shape index (κ1) is 20.7. The number of fused-ring (bicyclic) bond motifs is 1. The second-order valence-corrected chi connectivity index (χ2v) is 7.36. The van der Waals surface area contributed by atoms with E-state index in [2.05, 4.69) is 0 Å². The molecule has 3 aromatic rings. The number of hydrogen-bond acceptors (Lipinski definition) is 1. The standard InChI is InChI=1S/C22H18Cl2F3N/c1-13-10-16(11-20(23)21(13)24)19(22(25,26)27)9-8-14-6-7-15(12-28)18-5-3-2-4-17(14)18/h2-11,19H,12,28H2,1H3/b9-8+. The molecule has 1 unspecified atom stereocenters. The Morgan fingerprint density at radius 2 is 1.71 bits per heavy atom. The molecule has 0 amide bonds. The first-order chi connectivity index (χ1) is 13.2. The summed E-state index contributed by atoms with van der Waals surface area (Å²) < 4.78 is 41.3. The van der Waals surface area contributed by atoms with E-state index in [1.54, 1.807) is 13.0 Å². The quantitative estimate of drug-likeness (QED) is 0.468. The monoisotopic (exact) mass is 423 g/mol. The Balaban J connectivity index is 2.08. The zero-order chi connectivity index (χ0) is 20.5. The molecule has 0 saturated carbocycles. The van der Waals surface area contributed by atoms with Gasteiger partial charge in [-0.3, -0.25) is 0 Å². The number of benzene rings is 3. The van der Waals surface area contributed by atoms with E-state index in [4.69, 9.17) is 28.9 Å². The number of nitrogens with two attached hydrogens (primary N) is 1. The van der Waals surface area contributed by atoms with Crippen LogP contribution in [0.4, 0.5) is 13.2 Å². The molecule has 0 aliphatic heterocycles. The number of allylic oxidation sites excluding steroid dienone is 1. The van der Waals surface area contributed by atoms with Crippen molar-refractivity contribution in [3.63, 3.8) is 0 Å². The Morgan fingerprint density at radius 1 is 1.04 bits per heavy atom. The van der Waals surface area contributed by atoms with E-state index in [1.807, 2.05) is 30.3 Å². The zero-order valence-electron chi connectivity index (χ0n) is 15.0. The topological polar surface area (TPSA) is 26.0 Å². The molecule has 0 heterocycles. The summed E-state index contributed by atoms with van der Waals surface area (Å²) in [5.41, 5.74) is 7.97. The first-order valence-electron chi connectivity index (χ1n) is 8.63. The molecule has 3 rings (SSSR count). The highest BCUT2D eigenvalue weighted by Gasteiger charge is 2.39. The molecule has 0 aliphatic rings. The fraction of sp³-hybridized carbons (Fsp3) is 0.182. The Kier molecular flexibility index (Phi) is 6.04. The molecule has 0 fully saturated rings. The molecule has 0 saturated heterocycles. The average molecular weight is 424 g/mol. The molecule has 1 atom stereocenters. The van der Waals surface area contributed by atoms with Gasteiger partial charge in [0.25, 0.3) is 0 Å². The van der Waals surface area contributed by atoms with Crippen molar-refractivity contribution in [1.29, 1.82) is 0 Å². The number of aryl methyl sites for hydroxylation is 1. The van der Waals surface area contributed by atoms with Gasteiger partial charge < -0.3 is 5.73 Å². The van der Waals surface area contributed by atoms with E-state index in [1.165, 1.54) is 18.2 Å². The zero-order valence-corrected chi connectivity index (χ0v) is 16.5. The van der Waals surface area contributed by atoms with E-state index in [0.717, 1.165) is 22.4 Å². The Bertz CT molecular complexity index is 1020. The van der Waals surface area contributed by atoms with Gasteiger partial charge in [-0.1, -0.05) is 77.8 Å². The molecule has 0 bridgehead atoms. The third-order valence-corrected chi connectivity index (χ3v) is 5.58. The van der Waals surface area contributed by atoms with Crippen LogP contribution < -0.4 is 5.73 Å². The molecule has 3 aromatic carbocycles. The van der Waals surface area contributed by atoms with Gasteiger partial charge in [0.05, 0.1) is 16.0 Å². The minimum Gasteiger partial charge on any atom is -0.326 e. The minimum absolute atomic E-state index is 0.0542. The van der Waals surface area contributed by atoms with Crippen molar-refractivity contribution in [2.45, 2.75) is 25.6 Å². The molecule has 28 heavy (non-hydrogen) atoms.